The van der Waals surface area contributed by atoms with E-state index in [1.165, 1.54) is 11.8 Å². The molecule has 3 N–H and O–H groups in total. The summed E-state index contributed by atoms with van der Waals surface area (Å²) in [7, 11) is 1.81. The fraction of sp³-hybridized carbons (Fsp3) is 0.364. The van der Waals surface area contributed by atoms with Gasteiger partial charge in [-0.25, -0.2) is 9.48 Å². The number of aryl methyl sites for hydroxylation is 1. The topological polar surface area (TPSA) is 150 Å². The first-order chi connectivity index (χ1) is 22.3. The average molecular weight is 647 g/mol. The van der Waals surface area contributed by atoms with E-state index < -0.39 is 18.3 Å². The van der Waals surface area contributed by atoms with Gasteiger partial charge in [0, 0.05) is 30.8 Å². The van der Waals surface area contributed by atoms with E-state index in [9.17, 15) is 14.7 Å². The number of tetrazole rings is 1. The molecule has 12 nitrogen and oxygen atoms in total. The maximum Gasteiger partial charge on any atom is 0.325 e. The Hall–Kier alpha value is -4.30. The molecule has 4 aromatic rings. The van der Waals surface area contributed by atoms with Crippen molar-refractivity contribution in [3.8, 4) is 11.1 Å². The number of nitrogens with zero attached hydrogens (tertiary/aromatic N) is 4. The van der Waals surface area contributed by atoms with Crippen LogP contribution in [0.15, 0.2) is 78.0 Å². The Morgan fingerprint density at radius 3 is 2.43 bits per heavy atom. The van der Waals surface area contributed by atoms with Gasteiger partial charge in [0.2, 0.25) is 5.16 Å². The van der Waals surface area contributed by atoms with Crippen LogP contribution >= 0.6 is 11.8 Å². The molecule has 0 spiro atoms. The molecule has 1 aliphatic rings. The van der Waals surface area contributed by atoms with Gasteiger partial charge in [-0.3, -0.25) is 4.79 Å². The predicted molar refractivity (Wildman–Crippen MR) is 171 cm³/mol. The van der Waals surface area contributed by atoms with Crippen LogP contribution in [0, 0.1) is 5.92 Å². The molecular formula is C33H38N6O6S. The Bertz CT molecular complexity index is 1600. The molecule has 242 valence electrons. The van der Waals surface area contributed by atoms with Crippen LogP contribution in [-0.2, 0) is 39.2 Å². The van der Waals surface area contributed by atoms with E-state index >= 15 is 0 Å². The fourth-order valence-corrected chi connectivity index (χ4v) is 6.13. The van der Waals surface area contributed by atoms with Gasteiger partial charge in [-0.1, -0.05) is 85.4 Å². The largest absolute Gasteiger partial charge is 0.465 e. The summed E-state index contributed by atoms with van der Waals surface area (Å²) in [6, 6.07) is 23.3. The van der Waals surface area contributed by atoms with Crippen LogP contribution in [0.25, 0.3) is 11.1 Å². The van der Waals surface area contributed by atoms with Crippen LogP contribution in [0.4, 0.5) is 4.79 Å². The van der Waals surface area contributed by atoms with Gasteiger partial charge >= 0.3 is 12.0 Å². The summed E-state index contributed by atoms with van der Waals surface area (Å²) in [5, 5.41) is 27.3. The number of aromatic nitrogens is 4. The van der Waals surface area contributed by atoms with Gasteiger partial charge in [0.15, 0.2) is 6.29 Å². The highest BCUT2D eigenvalue weighted by Crippen LogP contribution is 2.43. The molecule has 2 amide bonds. The maximum atomic E-state index is 12.1. The molecule has 3 aromatic carbocycles. The zero-order chi connectivity index (χ0) is 32.5. The molecule has 5 rings (SSSR count). The zero-order valence-electron chi connectivity index (χ0n) is 26.0. The number of hydrogen-bond acceptors (Lipinski definition) is 10. The third-order valence-electron chi connectivity index (χ3n) is 7.68. The van der Waals surface area contributed by atoms with E-state index in [1.54, 1.807) is 11.6 Å². The molecule has 0 aliphatic carbocycles. The van der Waals surface area contributed by atoms with Crippen molar-refractivity contribution in [1.82, 2.24) is 30.8 Å². The Morgan fingerprint density at radius 2 is 1.74 bits per heavy atom. The second kappa shape index (κ2) is 15.8. The zero-order valence-corrected chi connectivity index (χ0v) is 26.8. The first kappa shape index (κ1) is 33.1. The van der Waals surface area contributed by atoms with Crippen molar-refractivity contribution in [3.63, 3.8) is 0 Å². The number of aliphatic hydroxyl groups is 1. The van der Waals surface area contributed by atoms with Crippen LogP contribution in [-0.4, -0.2) is 62.3 Å². The highest BCUT2D eigenvalue weighted by molar-refractivity contribution is 7.99. The SMILES string of the molecule is CCOC(=O)CNC(=O)NCc1cccc(-c2ccc([C@@H]3O[C@H](CSc4nnnn4C)[C@H](C)[C@H](c4ccc(CO)cc4)O3)cc2)c1. The molecule has 1 fully saturated rings. The third kappa shape index (κ3) is 8.49. The van der Waals surface area contributed by atoms with E-state index in [2.05, 4.69) is 33.1 Å². The van der Waals surface area contributed by atoms with E-state index in [-0.39, 0.29) is 37.9 Å². The Labute approximate surface area is 271 Å². The van der Waals surface area contributed by atoms with Crippen molar-refractivity contribution in [2.75, 3.05) is 18.9 Å². The lowest BCUT2D eigenvalue weighted by Gasteiger charge is -2.41. The summed E-state index contributed by atoms with van der Waals surface area (Å²) in [4.78, 5) is 23.6. The molecule has 0 bridgehead atoms. The van der Waals surface area contributed by atoms with Crippen molar-refractivity contribution < 1.29 is 28.9 Å². The molecule has 13 heteroatoms. The number of aliphatic hydroxyl groups excluding tert-OH is 1. The summed E-state index contributed by atoms with van der Waals surface area (Å²) in [6.45, 7) is 4.19. The first-order valence-corrected chi connectivity index (χ1v) is 16.1. The van der Waals surface area contributed by atoms with Crippen molar-refractivity contribution in [2.45, 2.75) is 50.7 Å². The minimum Gasteiger partial charge on any atom is -0.465 e. The summed E-state index contributed by atoms with van der Waals surface area (Å²) in [5.41, 5.74) is 5.65. The van der Waals surface area contributed by atoms with E-state index in [0.29, 0.717) is 17.5 Å². The van der Waals surface area contributed by atoms with Gasteiger partial charge in [-0.05, 0) is 51.2 Å². The van der Waals surface area contributed by atoms with Crippen LogP contribution in [0.5, 0.6) is 0 Å². The van der Waals surface area contributed by atoms with Crippen LogP contribution in [0.2, 0.25) is 0 Å². The molecule has 1 aromatic heterocycles. The van der Waals surface area contributed by atoms with Crippen molar-refractivity contribution in [2.24, 2.45) is 13.0 Å². The summed E-state index contributed by atoms with van der Waals surface area (Å²) in [5.74, 6) is 0.191. The molecule has 0 saturated carbocycles. The molecule has 0 radical (unpaired) electrons. The molecule has 2 heterocycles. The molecule has 0 unspecified atom stereocenters. The second-order valence-electron chi connectivity index (χ2n) is 10.9. The Morgan fingerprint density at radius 1 is 0.978 bits per heavy atom. The van der Waals surface area contributed by atoms with Gasteiger partial charge in [0.05, 0.1) is 25.4 Å². The summed E-state index contributed by atoms with van der Waals surface area (Å²) >= 11 is 1.54. The molecular weight excluding hydrogens is 608 g/mol. The number of amides is 2. The Kier molecular flexibility index (Phi) is 11.4. The van der Waals surface area contributed by atoms with E-state index in [4.69, 9.17) is 14.2 Å². The van der Waals surface area contributed by atoms with Gasteiger partial charge < -0.3 is 30.0 Å². The monoisotopic (exact) mass is 646 g/mol. The molecule has 4 atom stereocenters. The standard InChI is InChI=1S/C33H38N6O6S/c1-4-43-29(41)18-35-32(42)34-17-23-6-5-7-27(16-23)24-12-14-26(15-13-24)31-44-28(20-46-33-36-37-38-39(33)3)21(2)30(45-31)25-10-8-22(19-40)9-11-25/h5-16,21,28,30-31,40H,4,17-20H2,1-3H3,(H2,34,35,42)/t21-,28+,30+,31+/m0/s1. The van der Waals surface area contributed by atoms with Gasteiger partial charge in [-0.2, -0.15) is 0 Å². The lowest BCUT2D eigenvalue weighted by molar-refractivity contribution is -0.268. The van der Waals surface area contributed by atoms with Gasteiger partial charge in [-0.15, -0.1) is 5.10 Å². The fourth-order valence-electron chi connectivity index (χ4n) is 5.11. The molecule has 46 heavy (non-hydrogen) atoms. The quantitative estimate of drug-likeness (QED) is 0.150. The number of ether oxygens (including phenoxy) is 3. The smallest absolute Gasteiger partial charge is 0.325 e. The number of carbonyl (C=O) groups excluding carboxylic acids is 2. The number of esters is 1. The average Bonchev–Trinajstić information content (AvgIpc) is 3.50. The Balaban J connectivity index is 1.28. The highest BCUT2D eigenvalue weighted by Gasteiger charge is 2.38. The first-order valence-electron chi connectivity index (χ1n) is 15.1. The highest BCUT2D eigenvalue weighted by atomic mass is 32.2. The lowest BCUT2D eigenvalue weighted by Crippen LogP contribution is -2.38. The normalized spacial score (nSPS) is 19.4. The minimum atomic E-state index is -0.598. The van der Waals surface area contributed by atoms with Crippen LogP contribution in [0.3, 0.4) is 0 Å². The molecule has 1 aliphatic heterocycles. The number of urea groups is 1. The number of benzene rings is 3. The number of nitrogens with one attached hydrogen (secondary N) is 2. The maximum absolute atomic E-state index is 12.1. The second-order valence-corrected chi connectivity index (χ2v) is 11.9. The summed E-state index contributed by atoms with van der Waals surface area (Å²) < 4.78 is 19.6. The number of carbonyl (C=O) groups is 2. The van der Waals surface area contributed by atoms with Crippen LogP contribution < -0.4 is 10.6 Å². The van der Waals surface area contributed by atoms with Gasteiger partial charge in [0.25, 0.3) is 0 Å². The number of thioether (sulfide) groups is 1. The van der Waals surface area contributed by atoms with Crippen molar-refractivity contribution in [3.05, 3.63) is 95.1 Å². The van der Waals surface area contributed by atoms with Crippen molar-refractivity contribution >= 4 is 23.8 Å². The lowest BCUT2D eigenvalue weighted by atomic mass is 9.91. The number of rotatable bonds is 12. The number of hydrogen-bond donors (Lipinski definition) is 3. The summed E-state index contributed by atoms with van der Waals surface area (Å²) in [6.07, 6.45) is -0.978. The predicted octanol–water partition coefficient (Wildman–Crippen LogP) is 4.32. The third-order valence-corrected chi connectivity index (χ3v) is 8.78. The van der Waals surface area contributed by atoms with E-state index in [1.807, 2.05) is 79.8 Å². The van der Waals surface area contributed by atoms with Crippen molar-refractivity contribution in [1.29, 1.82) is 0 Å². The molecule has 1 saturated heterocycles. The van der Waals surface area contributed by atoms with Crippen LogP contribution in [0.1, 0.15) is 48.5 Å². The minimum absolute atomic E-state index is 0.0175. The van der Waals surface area contributed by atoms with E-state index in [0.717, 1.165) is 33.4 Å². The van der Waals surface area contributed by atoms with Gasteiger partial charge in [0.1, 0.15) is 6.54 Å².